The zero-order chi connectivity index (χ0) is 15.2. The van der Waals surface area contributed by atoms with Crippen LogP contribution in [0.1, 0.15) is 38.3 Å². The summed E-state index contributed by atoms with van der Waals surface area (Å²) in [7, 11) is 6.34. The van der Waals surface area contributed by atoms with E-state index < -0.39 is 0 Å². The van der Waals surface area contributed by atoms with Gasteiger partial charge in [0, 0.05) is 19.1 Å². The molecule has 2 N–H and O–H groups in total. The molecule has 0 unspecified atom stereocenters. The second-order valence-corrected chi connectivity index (χ2v) is 6.48. The lowest BCUT2D eigenvalue weighted by Gasteiger charge is -2.37. The van der Waals surface area contributed by atoms with E-state index in [9.17, 15) is 0 Å². The van der Waals surface area contributed by atoms with Gasteiger partial charge in [0.05, 0.1) is 5.69 Å². The fraction of sp³-hybridized carbons (Fsp3) is 0.733. The van der Waals surface area contributed by atoms with Crippen LogP contribution in [-0.4, -0.2) is 43.9 Å². The van der Waals surface area contributed by atoms with Gasteiger partial charge in [-0.2, -0.15) is 5.10 Å². The van der Waals surface area contributed by atoms with Gasteiger partial charge in [-0.1, -0.05) is 19.8 Å². The van der Waals surface area contributed by atoms with Crippen molar-refractivity contribution < 1.29 is 0 Å². The van der Waals surface area contributed by atoms with Crippen molar-refractivity contribution in [2.75, 3.05) is 19.8 Å². The Labute approximate surface area is 125 Å². The maximum atomic E-state index is 6.22. The molecule has 2 heterocycles. The molecule has 0 saturated heterocycles. The van der Waals surface area contributed by atoms with E-state index in [0.717, 1.165) is 29.8 Å². The summed E-state index contributed by atoms with van der Waals surface area (Å²) in [5.74, 6) is 0.612. The SMILES string of the molecule is CCc1nn(C)c2c1nc(N)n2CC1(N(C)C)CCCC1. The van der Waals surface area contributed by atoms with Crippen molar-refractivity contribution >= 4 is 17.1 Å². The van der Waals surface area contributed by atoms with Crippen LogP contribution < -0.4 is 5.73 Å². The minimum atomic E-state index is 0.193. The molecule has 21 heavy (non-hydrogen) atoms. The van der Waals surface area contributed by atoms with Gasteiger partial charge < -0.3 is 10.6 Å². The van der Waals surface area contributed by atoms with Crippen LogP contribution >= 0.6 is 0 Å². The Hall–Kier alpha value is -1.56. The van der Waals surface area contributed by atoms with E-state index in [4.69, 9.17) is 5.73 Å². The first-order valence-electron chi connectivity index (χ1n) is 7.83. The van der Waals surface area contributed by atoms with Gasteiger partial charge in [0.2, 0.25) is 5.95 Å². The monoisotopic (exact) mass is 290 g/mol. The Kier molecular flexibility index (Phi) is 3.43. The number of aryl methyl sites for hydroxylation is 2. The van der Waals surface area contributed by atoms with E-state index in [0.29, 0.717) is 5.95 Å². The van der Waals surface area contributed by atoms with E-state index in [1.165, 1.54) is 25.7 Å². The number of hydrogen-bond donors (Lipinski definition) is 1. The summed E-state index contributed by atoms with van der Waals surface area (Å²) in [6.45, 7) is 3.00. The van der Waals surface area contributed by atoms with Crippen LogP contribution in [0, 0.1) is 0 Å². The predicted molar refractivity (Wildman–Crippen MR) is 85.2 cm³/mol. The Balaban J connectivity index is 2.08. The maximum Gasteiger partial charge on any atom is 0.202 e. The first kappa shape index (κ1) is 14.4. The van der Waals surface area contributed by atoms with E-state index >= 15 is 0 Å². The molecule has 2 aromatic rings. The van der Waals surface area contributed by atoms with Crippen LogP contribution in [0.4, 0.5) is 5.95 Å². The normalized spacial score (nSPS) is 18.1. The lowest BCUT2D eigenvalue weighted by molar-refractivity contribution is 0.136. The number of hydrogen-bond acceptors (Lipinski definition) is 4. The summed E-state index contributed by atoms with van der Waals surface area (Å²) in [6.07, 6.45) is 5.91. The van der Waals surface area contributed by atoms with Gasteiger partial charge in [0.15, 0.2) is 5.65 Å². The quantitative estimate of drug-likeness (QED) is 0.932. The van der Waals surface area contributed by atoms with Gasteiger partial charge in [-0.3, -0.25) is 9.25 Å². The molecular formula is C15H26N6. The lowest BCUT2D eigenvalue weighted by atomic mass is 9.96. The molecule has 1 saturated carbocycles. The molecule has 1 fully saturated rings. The highest BCUT2D eigenvalue weighted by molar-refractivity contribution is 5.77. The molecule has 0 amide bonds. The van der Waals surface area contributed by atoms with Crippen molar-refractivity contribution in [2.24, 2.45) is 7.05 Å². The number of imidazole rings is 1. The zero-order valence-corrected chi connectivity index (χ0v) is 13.6. The number of nitrogens with zero attached hydrogens (tertiary/aromatic N) is 5. The predicted octanol–water partition coefficient (Wildman–Crippen LogP) is 1.79. The van der Waals surface area contributed by atoms with Crippen LogP contribution in [-0.2, 0) is 20.0 Å². The third kappa shape index (κ3) is 2.12. The largest absolute Gasteiger partial charge is 0.369 e. The molecule has 0 bridgehead atoms. The molecular weight excluding hydrogens is 264 g/mol. The minimum Gasteiger partial charge on any atom is -0.369 e. The molecule has 1 aliphatic rings. The molecule has 0 atom stereocenters. The van der Waals surface area contributed by atoms with Crippen molar-refractivity contribution in [3.05, 3.63) is 5.69 Å². The summed E-state index contributed by atoms with van der Waals surface area (Å²) in [5.41, 5.74) is 9.46. The van der Waals surface area contributed by atoms with Crippen LogP contribution in [0.25, 0.3) is 11.2 Å². The number of likely N-dealkylation sites (N-methyl/N-ethyl adjacent to an activating group) is 1. The third-order valence-electron chi connectivity index (χ3n) is 5.09. The van der Waals surface area contributed by atoms with Crippen LogP contribution in [0.15, 0.2) is 0 Å². The van der Waals surface area contributed by atoms with Crippen LogP contribution in [0.3, 0.4) is 0 Å². The number of aromatic nitrogens is 4. The molecule has 0 aliphatic heterocycles. The van der Waals surface area contributed by atoms with E-state index in [2.05, 4.69) is 40.6 Å². The molecule has 1 aliphatic carbocycles. The number of rotatable bonds is 4. The van der Waals surface area contributed by atoms with Crippen molar-refractivity contribution in [3.63, 3.8) is 0 Å². The lowest BCUT2D eigenvalue weighted by Crippen LogP contribution is -2.45. The number of anilines is 1. The summed E-state index contributed by atoms with van der Waals surface area (Å²) in [6, 6.07) is 0. The van der Waals surface area contributed by atoms with Gasteiger partial charge in [0.25, 0.3) is 0 Å². The summed E-state index contributed by atoms with van der Waals surface area (Å²) < 4.78 is 4.09. The van der Waals surface area contributed by atoms with E-state index in [-0.39, 0.29) is 5.54 Å². The Morgan fingerprint density at radius 1 is 1.29 bits per heavy atom. The van der Waals surface area contributed by atoms with Crippen molar-refractivity contribution in [1.82, 2.24) is 24.2 Å². The first-order chi connectivity index (χ1) is 9.98. The Bertz CT molecular complexity index is 645. The fourth-order valence-electron chi connectivity index (χ4n) is 3.73. The second-order valence-electron chi connectivity index (χ2n) is 6.48. The topological polar surface area (TPSA) is 64.9 Å². The number of nitrogen functional groups attached to an aromatic ring is 1. The van der Waals surface area contributed by atoms with E-state index in [1.54, 1.807) is 0 Å². The smallest absolute Gasteiger partial charge is 0.202 e. The highest BCUT2D eigenvalue weighted by Crippen LogP contribution is 2.37. The van der Waals surface area contributed by atoms with Crippen molar-refractivity contribution in [2.45, 2.75) is 51.1 Å². The Morgan fingerprint density at radius 2 is 1.95 bits per heavy atom. The molecule has 6 nitrogen and oxygen atoms in total. The highest BCUT2D eigenvalue weighted by atomic mass is 15.4. The molecule has 2 aromatic heterocycles. The minimum absolute atomic E-state index is 0.193. The first-order valence-corrected chi connectivity index (χ1v) is 7.83. The molecule has 3 rings (SSSR count). The van der Waals surface area contributed by atoms with Gasteiger partial charge in [-0.15, -0.1) is 0 Å². The van der Waals surface area contributed by atoms with Crippen molar-refractivity contribution in [1.29, 1.82) is 0 Å². The fourth-order valence-corrected chi connectivity index (χ4v) is 3.73. The summed E-state index contributed by atoms with van der Waals surface area (Å²) >= 11 is 0. The average molecular weight is 290 g/mol. The van der Waals surface area contributed by atoms with Gasteiger partial charge >= 0.3 is 0 Å². The molecule has 116 valence electrons. The van der Waals surface area contributed by atoms with Crippen LogP contribution in [0.5, 0.6) is 0 Å². The third-order valence-corrected chi connectivity index (χ3v) is 5.09. The van der Waals surface area contributed by atoms with E-state index in [1.807, 2.05) is 11.7 Å². The summed E-state index contributed by atoms with van der Waals surface area (Å²) in [4.78, 5) is 6.94. The van der Waals surface area contributed by atoms with Gasteiger partial charge in [0.1, 0.15) is 5.52 Å². The highest BCUT2D eigenvalue weighted by Gasteiger charge is 2.37. The molecule has 0 aromatic carbocycles. The summed E-state index contributed by atoms with van der Waals surface area (Å²) in [5, 5.41) is 4.58. The Morgan fingerprint density at radius 3 is 2.52 bits per heavy atom. The molecule has 6 heteroatoms. The zero-order valence-electron chi connectivity index (χ0n) is 13.6. The maximum absolute atomic E-state index is 6.22. The number of nitrogens with two attached hydrogens (primary N) is 1. The number of fused-ring (bicyclic) bond motifs is 1. The standard InChI is InChI=1S/C15H26N6/c1-5-11-12-13(20(4)18-11)21(14(16)17-12)10-15(19(2)3)8-6-7-9-15/h5-10H2,1-4H3,(H2,16,17). The molecule has 0 spiro atoms. The van der Waals surface area contributed by atoms with Gasteiger partial charge in [-0.25, -0.2) is 4.98 Å². The van der Waals surface area contributed by atoms with Crippen LogP contribution in [0.2, 0.25) is 0 Å². The average Bonchev–Trinajstić information content (AvgIpc) is 3.10. The second kappa shape index (κ2) is 5.02. The van der Waals surface area contributed by atoms with Crippen molar-refractivity contribution in [3.8, 4) is 0 Å². The molecule has 0 radical (unpaired) electrons. The van der Waals surface area contributed by atoms with Gasteiger partial charge in [-0.05, 0) is 33.4 Å².